The SMILES string of the molecule is Cc1ccc(C(N)=S)cc1OCc1nnn(C)n1. The van der Waals surface area contributed by atoms with Gasteiger partial charge in [-0.2, -0.15) is 4.80 Å². The van der Waals surface area contributed by atoms with E-state index in [-0.39, 0.29) is 6.61 Å². The Morgan fingerprint density at radius 2 is 2.28 bits per heavy atom. The molecule has 0 aliphatic rings. The van der Waals surface area contributed by atoms with Crippen molar-refractivity contribution in [3.05, 3.63) is 35.2 Å². The van der Waals surface area contributed by atoms with Crippen LogP contribution < -0.4 is 10.5 Å². The maximum Gasteiger partial charge on any atom is 0.212 e. The van der Waals surface area contributed by atoms with E-state index in [1.807, 2.05) is 25.1 Å². The lowest BCUT2D eigenvalue weighted by atomic mass is 10.1. The molecule has 0 fully saturated rings. The van der Waals surface area contributed by atoms with Crippen LogP contribution in [0.3, 0.4) is 0 Å². The number of aryl methyl sites for hydroxylation is 2. The topological polar surface area (TPSA) is 78.9 Å². The largest absolute Gasteiger partial charge is 0.485 e. The quantitative estimate of drug-likeness (QED) is 0.819. The molecule has 0 saturated carbocycles. The summed E-state index contributed by atoms with van der Waals surface area (Å²) in [5.41, 5.74) is 7.36. The lowest BCUT2D eigenvalue weighted by molar-refractivity contribution is 0.293. The molecule has 0 atom stereocenters. The zero-order valence-corrected chi connectivity index (χ0v) is 10.9. The van der Waals surface area contributed by atoms with Crippen LogP contribution in [0.2, 0.25) is 0 Å². The number of ether oxygens (including phenoxy) is 1. The molecule has 7 heteroatoms. The average molecular weight is 263 g/mol. The van der Waals surface area contributed by atoms with E-state index >= 15 is 0 Å². The van der Waals surface area contributed by atoms with E-state index in [9.17, 15) is 0 Å². The Kier molecular flexibility index (Phi) is 3.52. The Bertz CT molecular complexity index is 581. The van der Waals surface area contributed by atoms with Gasteiger partial charge in [0.2, 0.25) is 5.82 Å². The molecule has 1 aromatic heterocycles. The van der Waals surface area contributed by atoms with Gasteiger partial charge in [0.05, 0.1) is 7.05 Å². The van der Waals surface area contributed by atoms with Gasteiger partial charge < -0.3 is 10.5 Å². The summed E-state index contributed by atoms with van der Waals surface area (Å²) in [5, 5.41) is 11.6. The lowest BCUT2D eigenvalue weighted by Crippen LogP contribution is -2.10. The fourth-order valence-corrected chi connectivity index (χ4v) is 1.56. The van der Waals surface area contributed by atoms with Gasteiger partial charge in [-0.05, 0) is 23.8 Å². The van der Waals surface area contributed by atoms with E-state index in [0.717, 1.165) is 11.1 Å². The Morgan fingerprint density at radius 1 is 1.50 bits per heavy atom. The molecule has 0 bridgehead atoms. The summed E-state index contributed by atoms with van der Waals surface area (Å²) in [6.07, 6.45) is 0. The average Bonchev–Trinajstić information content (AvgIpc) is 2.74. The first kappa shape index (κ1) is 12.4. The smallest absolute Gasteiger partial charge is 0.212 e. The van der Waals surface area contributed by atoms with Gasteiger partial charge in [-0.3, -0.25) is 0 Å². The van der Waals surface area contributed by atoms with Crippen LogP contribution in [0, 0.1) is 6.92 Å². The summed E-state index contributed by atoms with van der Waals surface area (Å²) in [6, 6.07) is 5.59. The fraction of sp³-hybridized carbons (Fsp3) is 0.273. The van der Waals surface area contributed by atoms with Crippen molar-refractivity contribution in [2.45, 2.75) is 13.5 Å². The number of benzene rings is 1. The number of rotatable bonds is 4. The van der Waals surface area contributed by atoms with Crippen LogP contribution in [0.5, 0.6) is 5.75 Å². The van der Waals surface area contributed by atoms with Crippen molar-refractivity contribution in [2.24, 2.45) is 12.8 Å². The lowest BCUT2D eigenvalue weighted by Gasteiger charge is -2.08. The monoisotopic (exact) mass is 263 g/mol. The zero-order valence-electron chi connectivity index (χ0n) is 10.1. The molecule has 94 valence electrons. The van der Waals surface area contributed by atoms with Crippen LogP contribution in [0.25, 0.3) is 0 Å². The molecule has 0 aliphatic carbocycles. The minimum atomic E-state index is 0.259. The number of nitrogens with two attached hydrogens (primary N) is 1. The van der Waals surface area contributed by atoms with Crippen molar-refractivity contribution in [1.82, 2.24) is 20.2 Å². The zero-order chi connectivity index (χ0) is 13.1. The number of aromatic nitrogens is 4. The molecule has 6 nitrogen and oxygen atoms in total. The molecule has 1 heterocycles. The third-order valence-electron chi connectivity index (χ3n) is 2.38. The molecule has 2 aromatic rings. The highest BCUT2D eigenvalue weighted by Crippen LogP contribution is 2.20. The Labute approximate surface area is 110 Å². The first-order valence-electron chi connectivity index (χ1n) is 5.32. The standard InChI is InChI=1S/C11H13N5OS/c1-7-3-4-8(11(12)18)5-9(7)17-6-10-13-15-16(2)14-10/h3-5H,6H2,1-2H3,(H2,12,18). The van der Waals surface area contributed by atoms with Gasteiger partial charge in [-0.25, -0.2) is 0 Å². The molecule has 0 amide bonds. The second kappa shape index (κ2) is 5.09. The highest BCUT2D eigenvalue weighted by molar-refractivity contribution is 7.80. The minimum Gasteiger partial charge on any atom is -0.485 e. The summed E-state index contributed by atoms with van der Waals surface area (Å²) < 4.78 is 5.63. The number of hydrogen-bond donors (Lipinski definition) is 1. The van der Waals surface area contributed by atoms with Gasteiger partial charge in [0.25, 0.3) is 0 Å². The first-order chi connectivity index (χ1) is 8.56. The van der Waals surface area contributed by atoms with Crippen LogP contribution in [-0.4, -0.2) is 25.2 Å². The molecule has 0 aliphatic heterocycles. The van der Waals surface area contributed by atoms with Crippen LogP contribution in [0.1, 0.15) is 17.0 Å². The summed E-state index contributed by atoms with van der Waals surface area (Å²) in [4.78, 5) is 1.73. The van der Waals surface area contributed by atoms with Crippen LogP contribution >= 0.6 is 12.2 Å². The van der Waals surface area contributed by atoms with E-state index in [1.54, 1.807) is 7.05 Å². The Hall–Kier alpha value is -2.02. The second-order valence-corrected chi connectivity index (χ2v) is 4.27. The highest BCUT2D eigenvalue weighted by atomic mass is 32.1. The molecular weight excluding hydrogens is 250 g/mol. The first-order valence-corrected chi connectivity index (χ1v) is 5.73. The van der Waals surface area contributed by atoms with E-state index in [1.165, 1.54) is 4.80 Å². The molecule has 0 spiro atoms. The predicted octanol–water partition coefficient (Wildman–Crippen LogP) is 0.732. The third kappa shape index (κ3) is 2.80. The molecule has 0 unspecified atom stereocenters. The van der Waals surface area contributed by atoms with Gasteiger partial charge in [-0.15, -0.1) is 10.2 Å². The van der Waals surface area contributed by atoms with Crippen LogP contribution in [0.15, 0.2) is 18.2 Å². The molecule has 1 aromatic carbocycles. The van der Waals surface area contributed by atoms with Gasteiger partial charge in [0.1, 0.15) is 10.7 Å². The number of thiocarbonyl (C=S) groups is 1. The molecule has 18 heavy (non-hydrogen) atoms. The maximum absolute atomic E-state index is 5.63. The summed E-state index contributed by atoms with van der Waals surface area (Å²) in [6.45, 7) is 2.21. The normalized spacial score (nSPS) is 10.3. The number of tetrazole rings is 1. The Balaban J connectivity index is 2.13. The Morgan fingerprint density at radius 3 is 2.89 bits per heavy atom. The third-order valence-corrected chi connectivity index (χ3v) is 2.61. The van der Waals surface area contributed by atoms with Crippen molar-refractivity contribution < 1.29 is 4.74 Å². The summed E-state index contributed by atoms with van der Waals surface area (Å²) in [7, 11) is 1.70. The maximum atomic E-state index is 5.63. The van der Waals surface area contributed by atoms with Crippen LogP contribution in [0.4, 0.5) is 0 Å². The van der Waals surface area contributed by atoms with Crippen molar-refractivity contribution in [2.75, 3.05) is 0 Å². The minimum absolute atomic E-state index is 0.259. The van der Waals surface area contributed by atoms with E-state index in [2.05, 4.69) is 15.4 Å². The second-order valence-electron chi connectivity index (χ2n) is 3.83. The molecule has 2 N–H and O–H groups in total. The predicted molar refractivity (Wildman–Crippen MR) is 70.2 cm³/mol. The molecule has 0 saturated heterocycles. The molecule has 0 radical (unpaired) electrons. The van der Waals surface area contributed by atoms with Crippen molar-refractivity contribution in [3.8, 4) is 5.75 Å². The van der Waals surface area contributed by atoms with Gasteiger partial charge >= 0.3 is 0 Å². The fourth-order valence-electron chi connectivity index (χ4n) is 1.43. The van der Waals surface area contributed by atoms with Gasteiger partial charge in [0.15, 0.2) is 6.61 Å². The number of hydrogen-bond acceptors (Lipinski definition) is 5. The van der Waals surface area contributed by atoms with Crippen molar-refractivity contribution in [1.29, 1.82) is 0 Å². The van der Waals surface area contributed by atoms with E-state index in [4.69, 9.17) is 22.7 Å². The van der Waals surface area contributed by atoms with E-state index in [0.29, 0.717) is 16.6 Å². The highest BCUT2D eigenvalue weighted by Gasteiger charge is 2.06. The number of nitrogens with zero attached hydrogens (tertiary/aromatic N) is 4. The summed E-state index contributed by atoms with van der Waals surface area (Å²) in [5.74, 6) is 1.24. The summed E-state index contributed by atoms with van der Waals surface area (Å²) >= 11 is 4.93. The van der Waals surface area contributed by atoms with Gasteiger partial charge in [0, 0.05) is 5.56 Å². The van der Waals surface area contributed by atoms with Crippen molar-refractivity contribution in [3.63, 3.8) is 0 Å². The van der Waals surface area contributed by atoms with Crippen LogP contribution in [-0.2, 0) is 13.7 Å². The molecule has 2 rings (SSSR count). The van der Waals surface area contributed by atoms with Gasteiger partial charge in [-0.1, -0.05) is 24.4 Å². The van der Waals surface area contributed by atoms with Crippen molar-refractivity contribution >= 4 is 17.2 Å². The molecular formula is C11H13N5OS. The van der Waals surface area contributed by atoms with E-state index < -0.39 is 0 Å².